The Balaban J connectivity index is 1.61. The van der Waals surface area contributed by atoms with E-state index in [0.717, 1.165) is 5.56 Å². The lowest BCUT2D eigenvalue weighted by atomic mass is 10.0. The monoisotopic (exact) mass is 734 g/mol. The van der Waals surface area contributed by atoms with Crippen LogP contribution in [0.25, 0.3) is 11.3 Å². The number of benzene rings is 3. The molecule has 4 aromatic rings. The van der Waals surface area contributed by atoms with Gasteiger partial charge in [0.05, 0.1) is 23.0 Å². The number of ether oxygens (including phenoxy) is 1. The van der Waals surface area contributed by atoms with Gasteiger partial charge >= 0.3 is 5.97 Å². The third kappa shape index (κ3) is 11.0. The van der Waals surface area contributed by atoms with Crippen LogP contribution in [0.4, 0.5) is 0 Å². The molecule has 1 heterocycles. The molecule has 3 amide bonds. The molecule has 0 aliphatic rings. The molecule has 11 nitrogen and oxygen atoms in total. The molecule has 4 rings (SSSR count). The molecular formula is C38H40Cl2N4O7. The second-order valence-electron chi connectivity index (χ2n) is 13.2. The van der Waals surface area contributed by atoms with Gasteiger partial charge in [-0.1, -0.05) is 91.6 Å². The summed E-state index contributed by atoms with van der Waals surface area (Å²) in [6.45, 7) is 8.08. The summed E-state index contributed by atoms with van der Waals surface area (Å²) in [7, 11) is 0. The summed E-state index contributed by atoms with van der Waals surface area (Å²) in [6, 6.07) is 19.9. The Morgan fingerprint density at radius 3 is 2.06 bits per heavy atom. The van der Waals surface area contributed by atoms with Crippen LogP contribution in [0.15, 0.2) is 89.5 Å². The van der Waals surface area contributed by atoms with Gasteiger partial charge in [-0.25, -0.2) is 4.98 Å². The number of ketones is 1. The summed E-state index contributed by atoms with van der Waals surface area (Å²) in [5, 5.41) is 5.94. The predicted octanol–water partition coefficient (Wildman–Crippen LogP) is 6.53. The van der Waals surface area contributed by atoms with Crippen molar-refractivity contribution >= 4 is 52.7 Å². The number of carbonyl (C=O) groups excluding carboxylic acids is 5. The zero-order valence-corrected chi connectivity index (χ0v) is 30.5. The normalized spacial score (nSPS) is 12.5. The lowest BCUT2D eigenvalue weighted by Crippen LogP contribution is -2.54. The third-order valence-electron chi connectivity index (χ3n) is 7.49. The van der Waals surface area contributed by atoms with Gasteiger partial charge in [0, 0.05) is 17.7 Å². The van der Waals surface area contributed by atoms with E-state index >= 15 is 0 Å². The molecule has 0 radical (unpaired) electrons. The maximum Gasteiger partial charge on any atom is 0.308 e. The van der Waals surface area contributed by atoms with Crippen molar-refractivity contribution < 1.29 is 33.1 Å². The van der Waals surface area contributed by atoms with Gasteiger partial charge < -0.3 is 24.7 Å². The van der Waals surface area contributed by atoms with Crippen molar-refractivity contribution in [2.24, 2.45) is 5.92 Å². The van der Waals surface area contributed by atoms with Gasteiger partial charge in [-0.15, -0.1) is 0 Å². The van der Waals surface area contributed by atoms with Crippen LogP contribution >= 0.6 is 23.2 Å². The Hall–Kier alpha value is -5.00. The minimum absolute atomic E-state index is 0.0178. The summed E-state index contributed by atoms with van der Waals surface area (Å²) in [4.78, 5) is 73.2. The highest BCUT2D eigenvalue weighted by atomic mass is 35.5. The number of nitrogens with one attached hydrogen (secondary N) is 2. The molecule has 0 saturated heterocycles. The quantitative estimate of drug-likeness (QED) is 0.110. The summed E-state index contributed by atoms with van der Waals surface area (Å²) in [5.74, 6) is -4.05. The summed E-state index contributed by atoms with van der Waals surface area (Å²) >= 11 is 12.6. The Bertz CT molecular complexity index is 1840. The van der Waals surface area contributed by atoms with E-state index in [9.17, 15) is 24.0 Å². The topological polar surface area (TPSA) is 148 Å². The van der Waals surface area contributed by atoms with Crippen molar-refractivity contribution in [1.82, 2.24) is 20.5 Å². The first-order valence-corrected chi connectivity index (χ1v) is 17.0. The highest BCUT2D eigenvalue weighted by molar-refractivity contribution is 6.39. The molecule has 51 heavy (non-hydrogen) atoms. The molecule has 268 valence electrons. The Morgan fingerprint density at radius 2 is 1.47 bits per heavy atom. The van der Waals surface area contributed by atoms with Crippen LogP contribution in [0.2, 0.25) is 10.0 Å². The van der Waals surface area contributed by atoms with Gasteiger partial charge in [0.1, 0.15) is 29.6 Å². The smallest absolute Gasteiger partial charge is 0.308 e. The molecule has 3 aromatic carbocycles. The van der Waals surface area contributed by atoms with E-state index in [4.69, 9.17) is 32.4 Å². The van der Waals surface area contributed by atoms with Gasteiger partial charge in [0.2, 0.25) is 17.6 Å². The van der Waals surface area contributed by atoms with E-state index in [1.807, 2.05) is 6.07 Å². The number of oxazole rings is 1. The molecule has 1 aromatic heterocycles. The number of hydrogen-bond donors (Lipinski definition) is 2. The minimum Gasteiger partial charge on any atom is -0.460 e. The minimum atomic E-state index is -1.48. The van der Waals surface area contributed by atoms with Gasteiger partial charge in [0.25, 0.3) is 11.8 Å². The number of aromatic nitrogens is 1. The van der Waals surface area contributed by atoms with E-state index in [0.29, 0.717) is 11.1 Å². The summed E-state index contributed by atoms with van der Waals surface area (Å²) in [6.07, 6.45) is 0.642. The Kier molecular flexibility index (Phi) is 13.1. The van der Waals surface area contributed by atoms with Crippen molar-refractivity contribution in [3.05, 3.63) is 112 Å². The Labute approximate surface area is 306 Å². The molecule has 0 saturated carbocycles. The Morgan fingerprint density at radius 1 is 0.863 bits per heavy atom. The van der Waals surface area contributed by atoms with Crippen LogP contribution in [0.1, 0.15) is 67.6 Å². The highest BCUT2D eigenvalue weighted by Crippen LogP contribution is 2.34. The average Bonchev–Trinajstić information content (AvgIpc) is 3.55. The van der Waals surface area contributed by atoms with Gasteiger partial charge in [0.15, 0.2) is 0 Å². The molecule has 2 N–H and O–H groups in total. The standard InChI is InChI=1S/C38H40Cl2N4O7/c1-23(2)33(43-35(48)25-15-10-7-11-16-25)37(49)44(20-24-13-8-6-9-14-24)21-30(45)41-28(19-31(46)51-38(3,4)5)34(47)36-42-29(22-50-36)32-26(39)17-12-18-27(32)40/h6-18,22-23,28,33H,19-21H2,1-5H3,(H,41,45)(H,43,48)/t28?,33-/m0/s1. The molecule has 0 bridgehead atoms. The van der Waals surface area contributed by atoms with Crippen molar-refractivity contribution in [3.8, 4) is 11.3 Å². The van der Waals surface area contributed by atoms with Crippen molar-refractivity contribution in [3.63, 3.8) is 0 Å². The predicted molar refractivity (Wildman–Crippen MR) is 193 cm³/mol. The van der Waals surface area contributed by atoms with Crippen molar-refractivity contribution in [1.29, 1.82) is 0 Å². The first-order chi connectivity index (χ1) is 24.1. The number of rotatable bonds is 14. The second-order valence-corrected chi connectivity index (χ2v) is 14.0. The largest absolute Gasteiger partial charge is 0.460 e. The van der Waals surface area contributed by atoms with Crippen LogP contribution in [0.3, 0.4) is 0 Å². The molecular weight excluding hydrogens is 695 g/mol. The van der Waals surface area contributed by atoms with Gasteiger partial charge in [-0.3, -0.25) is 24.0 Å². The SMILES string of the molecule is CC(C)[C@H](NC(=O)c1ccccc1)C(=O)N(CC(=O)NC(CC(=O)OC(C)(C)C)C(=O)c1nc(-c2c(Cl)cccc2Cl)co1)Cc1ccccc1. The van der Waals surface area contributed by atoms with Crippen molar-refractivity contribution in [2.45, 2.75) is 65.3 Å². The molecule has 0 aliphatic heterocycles. The summed E-state index contributed by atoms with van der Waals surface area (Å²) < 4.78 is 10.9. The number of carbonyl (C=O) groups is 5. The molecule has 0 spiro atoms. The van der Waals surface area contributed by atoms with E-state index in [1.165, 1.54) is 11.2 Å². The zero-order chi connectivity index (χ0) is 37.3. The molecule has 13 heteroatoms. The maximum absolute atomic E-state index is 14.1. The lowest BCUT2D eigenvalue weighted by molar-refractivity contribution is -0.155. The van der Waals surface area contributed by atoms with E-state index in [1.54, 1.807) is 107 Å². The van der Waals surface area contributed by atoms with E-state index in [2.05, 4.69) is 15.6 Å². The van der Waals surface area contributed by atoms with Crippen LogP contribution in [-0.2, 0) is 25.7 Å². The van der Waals surface area contributed by atoms with E-state index in [-0.39, 0.29) is 28.2 Å². The lowest BCUT2D eigenvalue weighted by Gasteiger charge is -2.30. The first-order valence-electron chi connectivity index (χ1n) is 16.3. The van der Waals surface area contributed by atoms with Crippen LogP contribution in [-0.4, -0.2) is 63.6 Å². The maximum atomic E-state index is 14.1. The van der Waals surface area contributed by atoms with Crippen LogP contribution in [0, 0.1) is 5.92 Å². The fourth-order valence-electron chi connectivity index (χ4n) is 5.11. The van der Waals surface area contributed by atoms with Crippen LogP contribution in [0.5, 0.6) is 0 Å². The highest BCUT2D eigenvalue weighted by Gasteiger charge is 2.34. The number of hydrogen-bond acceptors (Lipinski definition) is 8. The number of Topliss-reactive ketones (excluding diaryl/α,β-unsaturated/α-hetero) is 1. The van der Waals surface area contributed by atoms with Crippen molar-refractivity contribution in [2.75, 3.05) is 6.54 Å². The molecule has 2 atom stereocenters. The average molecular weight is 736 g/mol. The third-order valence-corrected chi connectivity index (χ3v) is 8.12. The first kappa shape index (κ1) is 38.8. The fourth-order valence-corrected chi connectivity index (χ4v) is 5.70. The number of halogens is 2. The molecule has 0 aliphatic carbocycles. The van der Waals surface area contributed by atoms with E-state index < -0.39 is 66.0 Å². The zero-order valence-electron chi connectivity index (χ0n) is 28.9. The van der Waals surface area contributed by atoms with Gasteiger partial charge in [-0.2, -0.15) is 0 Å². The van der Waals surface area contributed by atoms with Crippen LogP contribution < -0.4 is 10.6 Å². The number of amides is 3. The summed E-state index contributed by atoms with van der Waals surface area (Å²) in [5.41, 5.74) is 0.736. The van der Waals surface area contributed by atoms with Gasteiger partial charge in [-0.05, 0) is 56.5 Å². The second kappa shape index (κ2) is 17.3. The molecule has 0 fully saturated rings. The fraction of sp³-hybridized carbons (Fsp3) is 0.316. The number of esters is 1. The number of nitrogens with zero attached hydrogens (tertiary/aromatic N) is 2. The molecule has 1 unspecified atom stereocenters.